The first-order valence-electron chi connectivity index (χ1n) is 7.39. The van der Waals surface area contributed by atoms with Crippen LogP contribution in [-0.4, -0.2) is 73.0 Å². The fourth-order valence-corrected chi connectivity index (χ4v) is 2.60. The van der Waals surface area contributed by atoms with Crippen molar-refractivity contribution in [1.29, 1.82) is 0 Å². The molecular weight excluding hydrogens is 226 g/mol. The van der Waals surface area contributed by atoms with Crippen molar-refractivity contribution >= 4 is 5.91 Å². The molecule has 18 heavy (non-hydrogen) atoms. The molecule has 4 nitrogen and oxygen atoms in total. The highest BCUT2D eigenvalue weighted by molar-refractivity contribution is 5.74. The Balaban J connectivity index is 0.000000771. The van der Waals surface area contributed by atoms with Gasteiger partial charge < -0.3 is 14.7 Å². The number of piperazine rings is 1. The molecule has 2 fully saturated rings. The zero-order chi connectivity index (χ0) is 13.5. The van der Waals surface area contributed by atoms with Crippen molar-refractivity contribution < 1.29 is 4.79 Å². The van der Waals surface area contributed by atoms with Crippen molar-refractivity contribution in [2.45, 2.75) is 27.7 Å². The van der Waals surface area contributed by atoms with Crippen molar-refractivity contribution in [2.75, 3.05) is 52.4 Å². The number of likely N-dealkylation sites (N-methyl/N-ethyl adjacent to an activating group) is 1. The molecule has 0 radical (unpaired) electrons. The first-order valence-corrected chi connectivity index (χ1v) is 7.39. The van der Waals surface area contributed by atoms with Gasteiger partial charge in [-0.15, -0.1) is 0 Å². The minimum Gasteiger partial charge on any atom is -0.342 e. The quantitative estimate of drug-likeness (QED) is 0.756. The van der Waals surface area contributed by atoms with Gasteiger partial charge in [-0.2, -0.15) is 0 Å². The molecule has 2 saturated heterocycles. The molecule has 2 rings (SSSR count). The average Bonchev–Trinajstić information content (AvgIpc) is 2.36. The van der Waals surface area contributed by atoms with Crippen LogP contribution in [0, 0.1) is 5.92 Å². The van der Waals surface area contributed by atoms with Crippen molar-refractivity contribution in [3.63, 3.8) is 0 Å². The van der Waals surface area contributed by atoms with Crippen LogP contribution in [0.2, 0.25) is 0 Å². The van der Waals surface area contributed by atoms with Gasteiger partial charge in [0.05, 0.1) is 0 Å². The number of rotatable bonds is 3. The summed E-state index contributed by atoms with van der Waals surface area (Å²) in [7, 11) is 0. The summed E-state index contributed by atoms with van der Waals surface area (Å²) in [5, 5.41) is 0. The van der Waals surface area contributed by atoms with E-state index in [1.165, 1.54) is 39.3 Å². The van der Waals surface area contributed by atoms with Crippen LogP contribution in [0.1, 0.15) is 27.7 Å². The standard InChI is InChI=1S/C12H23N3O.C2H6/c1-3-13-4-6-14(7-5-13)8-12-9-15(10-12)11(2)16;1-2/h12H,3-10H2,1-2H3;1-2H3. The van der Waals surface area contributed by atoms with Gasteiger partial charge in [-0.1, -0.05) is 20.8 Å². The van der Waals surface area contributed by atoms with E-state index in [2.05, 4.69) is 16.7 Å². The van der Waals surface area contributed by atoms with Crippen LogP contribution in [0.5, 0.6) is 0 Å². The number of hydrogen-bond donors (Lipinski definition) is 0. The molecule has 0 aromatic heterocycles. The number of carbonyl (C=O) groups excluding carboxylic acids is 1. The van der Waals surface area contributed by atoms with Gasteiger partial charge in [0.2, 0.25) is 5.91 Å². The summed E-state index contributed by atoms with van der Waals surface area (Å²) in [6.45, 7) is 17.0. The van der Waals surface area contributed by atoms with Crippen molar-refractivity contribution in [3.8, 4) is 0 Å². The Morgan fingerprint density at radius 1 is 1.06 bits per heavy atom. The third-order valence-corrected chi connectivity index (χ3v) is 3.83. The lowest BCUT2D eigenvalue weighted by Gasteiger charge is -2.43. The maximum absolute atomic E-state index is 11.1. The Kier molecular flexibility index (Phi) is 6.65. The molecule has 0 aromatic rings. The average molecular weight is 255 g/mol. The monoisotopic (exact) mass is 255 g/mol. The van der Waals surface area contributed by atoms with Crippen molar-refractivity contribution in [2.24, 2.45) is 5.92 Å². The smallest absolute Gasteiger partial charge is 0.219 e. The van der Waals surface area contributed by atoms with Crippen LogP contribution in [0.15, 0.2) is 0 Å². The summed E-state index contributed by atoms with van der Waals surface area (Å²) in [5.41, 5.74) is 0. The van der Waals surface area contributed by atoms with E-state index in [0.717, 1.165) is 19.0 Å². The number of carbonyl (C=O) groups is 1. The number of likely N-dealkylation sites (tertiary alicyclic amines) is 1. The minimum absolute atomic E-state index is 0.229. The van der Waals surface area contributed by atoms with Gasteiger partial charge in [-0.3, -0.25) is 4.79 Å². The van der Waals surface area contributed by atoms with Crippen LogP contribution in [0.3, 0.4) is 0 Å². The molecule has 0 spiro atoms. The second kappa shape index (κ2) is 7.74. The molecule has 0 aliphatic carbocycles. The van der Waals surface area contributed by atoms with Crippen LogP contribution in [-0.2, 0) is 4.79 Å². The number of nitrogens with zero attached hydrogens (tertiary/aromatic N) is 3. The van der Waals surface area contributed by atoms with Gasteiger partial charge in [-0.05, 0) is 6.54 Å². The molecular formula is C14H29N3O. The Morgan fingerprint density at radius 2 is 1.56 bits per heavy atom. The Labute approximate surface area is 112 Å². The third-order valence-electron chi connectivity index (χ3n) is 3.83. The molecule has 4 heteroatoms. The highest BCUT2D eigenvalue weighted by atomic mass is 16.2. The Hall–Kier alpha value is -0.610. The predicted octanol–water partition coefficient (Wildman–Crippen LogP) is 1.13. The van der Waals surface area contributed by atoms with Crippen molar-refractivity contribution in [3.05, 3.63) is 0 Å². The summed E-state index contributed by atoms with van der Waals surface area (Å²) in [6, 6.07) is 0. The van der Waals surface area contributed by atoms with E-state index in [4.69, 9.17) is 0 Å². The lowest BCUT2D eigenvalue weighted by Crippen LogP contribution is -2.55. The van der Waals surface area contributed by atoms with Gasteiger partial charge in [0, 0.05) is 58.7 Å². The summed E-state index contributed by atoms with van der Waals surface area (Å²) in [4.78, 5) is 18.0. The molecule has 106 valence electrons. The normalized spacial score (nSPS) is 22.1. The first kappa shape index (κ1) is 15.4. The summed E-state index contributed by atoms with van der Waals surface area (Å²) >= 11 is 0. The van der Waals surface area contributed by atoms with Crippen LogP contribution >= 0.6 is 0 Å². The molecule has 1 amide bonds. The second-order valence-electron chi connectivity index (χ2n) is 5.02. The Morgan fingerprint density at radius 3 is 2.00 bits per heavy atom. The highest BCUT2D eigenvalue weighted by Crippen LogP contribution is 2.17. The van der Waals surface area contributed by atoms with E-state index in [0.29, 0.717) is 0 Å². The topological polar surface area (TPSA) is 26.8 Å². The van der Waals surface area contributed by atoms with E-state index in [1.807, 2.05) is 18.7 Å². The van der Waals surface area contributed by atoms with E-state index in [-0.39, 0.29) is 5.91 Å². The number of amides is 1. The van der Waals surface area contributed by atoms with Crippen LogP contribution in [0.4, 0.5) is 0 Å². The largest absolute Gasteiger partial charge is 0.342 e. The fourth-order valence-electron chi connectivity index (χ4n) is 2.60. The van der Waals surface area contributed by atoms with Gasteiger partial charge in [0.1, 0.15) is 0 Å². The minimum atomic E-state index is 0.229. The second-order valence-corrected chi connectivity index (χ2v) is 5.02. The summed E-state index contributed by atoms with van der Waals surface area (Å²) < 4.78 is 0. The molecule has 0 saturated carbocycles. The lowest BCUT2D eigenvalue weighted by atomic mass is 9.99. The molecule has 2 aliphatic heterocycles. The zero-order valence-corrected chi connectivity index (χ0v) is 12.5. The molecule has 0 N–H and O–H groups in total. The molecule has 2 heterocycles. The fraction of sp³-hybridized carbons (Fsp3) is 0.929. The third kappa shape index (κ3) is 4.25. The van der Waals surface area contributed by atoms with E-state index in [1.54, 1.807) is 6.92 Å². The lowest BCUT2D eigenvalue weighted by molar-refractivity contribution is -0.135. The number of hydrogen-bond acceptors (Lipinski definition) is 3. The molecule has 2 aliphatic rings. The SMILES string of the molecule is CC.CCN1CCN(CC2CN(C(C)=O)C2)CC1. The van der Waals surface area contributed by atoms with Gasteiger partial charge in [0.15, 0.2) is 0 Å². The molecule has 0 aromatic carbocycles. The summed E-state index contributed by atoms with van der Waals surface area (Å²) in [6.07, 6.45) is 0. The predicted molar refractivity (Wildman–Crippen MR) is 75.6 cm³/mol. The van der Waals surface area contributed by atoms with Gasteiger partial charge >= 0.3 is 0 Å². The first-order chi connectivity index (χ1) is 8.69. The Bertz CT molecular complexity index is 243. The van der Waals surface area contributed by atoms with E-state index >= 15 is 0 Å². The van der Waals surface area contributed by atoms with Crippen LogP contribution < -0.4 is 0 Å². The maximum atomic E-state index is 11.1. The van der Waals surface area contributed by atoms with Crippen LogP contribution in [0.25, 0.3) is 0 Å². The summed E-state index contributed by atoms with van der Waals surface area (Å²) in [5.74, 6) is 0.948. The van der Waals surface area contributed by atoms with E-state index in [9.17, 15) is 4.79 Å². The molecule has 0 bridgehead atoms. The van der Waals surface area contributed by atoms with Crippen molar-refractivity contribution in [1.82, 2.24) is 14.7 Å². The molecule has 0 atom stereocenters. The molecule has 0 unspecified atom stereocenters. The van der Waals surface area contributed by atoms with Gasteiger partial charge in [0.25, 0.3) is 0 Å². The van der Waals surface area contributed by atoms with E-state index < -0.39 is 0 Å². The highest BCUT2D eigenvalue weighted by Gasteiger charge is 2.30. The maximum Gasteiger partial charge on any atom is 0.219 e. The zero-order valence-electron chi connectivity index (χ0n) is 12.5. The van der Waals surface area contributed by atoms with Gasteiger partial charge in [-0.25, -0.2) is 0 Å².